The molecule has 0 rings (SSSR count). The minimum Gasteiger partial charge on any atom is -0.343 e. The molecule has 0 spiro atoms. The summed E-state index contributed by atoms with van der Waals surface area (Å²) in [4.78, 5) is 0. The second-order valence-electron chi connectivity index (χ2n) is 7.23. The van der Waals surface area contributed by atoms with Gasteiger partial charge in [0.25, 0.3) is 0 Å². The molecule has 0 saturated carbocycles. The zero-order valence-electron chi connectivity index (χ0n) is 19.3. The van der Waals surface area contributed by atoms with E-state index in [2.05, 4.69) is 54.0 Å². The molecule has 0 amide bonds. The third-order valence-corrected chi connectivity index (χ3v) is 5.02. The van der Waals surface area contributed by atoms with E-state index in [0.29, 0.717) is 11.8 Å². The molecule has 1 atom stereocenters. The molecule has 6 heteroatoms. The van der Waals surface area contributed by atoms with Gasteiger partial charge in [0.2, 0.25) is 0 Å². The molecule has 0 aromatic heterocycles. The van der Waals surface area contributed by atoms with Gasteiger partial charge in [0.1, 0.15) is 0 Å². The first-order valence-corrected chi connectivity index (χ1v) is 10.0. The molecule has 31 heavy (non-hydrogen) atoms. The van der Waals surface area contributed by atoms with Gasteiger partial charge in [-0.05, 0) is 25.2 Å². The van der Waals surface area contributed by atoms with Crippen molar-refractivity contribution in [3.8, 4) is 0 Å². The molecule has 1 unspecified atom stereocenters. The van der Waals surface area contributed by atoms with Crippen molar-refractivity contribution in [2.24, 2.45) is 11.8 Å². The first-order valence-electron chi connectivity index (χ1n) is 10.0. The smallest absolute Gasteiger partial charge is 0.0000584 e. The SMILES string of the molecule is C=C(CC[CH2-])C(CCCC(C(=C)CC[CH2-])C(=C)CCC)C(=C)CC[CH2-].[W].[W].[W].[W].[W].[W]. The molecule has 0 aliphatic rings. The zero-order valence-corrected chi connectivity index (χ0v) is 36.9. The topological polar surface area (TPSA) is 0 Å². The van der Waals surface area contributed by atoms with E-state index >= 15 is 0 Å². The molecule has 0 radical (unpaired) electrons. The van der Waals surface area contributed by atoms with Crippen molar-refractivity contribution in [2.75, 3.05) is 0 Å². The van der Waals surface area contributed by atoms with Gasteiger partial charge in [-0.1, -0.05) is 87.6 Å². The van der Waals surface area contributed by atoms with E-state index in [1.807, 2.05) is 0 Å². The fourth-order valence-electron chi connectivity index (χ4n) is 3.62. The summed E-state index contributed by atoms with van der Waals surface area (Å²) >= 11 is 0. The van der Waals surface area contributed by atoms with Gasteiger partial charge in [-0.15, -0.1) is 0 Å². The molecule has 0 aromatic carbocycles. The Balaban J connectivity index is -0.000000192. The second kappa shape index (κ2) is 33.1. The molecular formula is C25H41W6-3. The summed E-state index contributed by atoms with van der Waals surface area (Å²) in [5.41, 5.74) is 5.21. The van der Waals surface area contributed by atoms with E-state index in [9.17, 15) is 0 Å². The molecule has 0 heterocycles. The van der Waals surface area contributed by atoms with Crippen LogP contribution < -0.4 is 0 Å². The first-order chi connectivity index (χ1) is 11.9. The van der Waals surface area contributed by atoms with Crippen molar-refractivity contribution in [2.45, 2.75) is 77.6 Å². The van der Waals surface area contributed by atoms with Gasteiger partial charge in [0, 0.05) is 132 Å². The van der Waals surface area contributed by atoms with E-state index in [0.717, 1.165) is 70.6 Å². The van der Waals surface area contributed by atoms with Gasteiger partial charge in [-0.25, -0.2) is 0 Å². The second-order valence-corrected chi connectivity index (χ2v) is 7.23. The molecule has 0 N–H and O–H groups in total. The predicted octanol–water partition coefficient (Wildman–Crippen LogP) is 8.24. The van der Waals surface area contributed by atoms with Gasteiger partial charge < -0.3 is 20.8 Å². The number of hydrogen-bond acceptors (Lipinski definition) is 0. The summed E-state index contributed by atoms with van der Waals surface area (Å²) in [6.45, 7) is 31.4. The molecule has 0 aliphatic heterocycles. The summed E-state index contributed by atoms with van der Waals surface area (Å²) in [5.74, 6) is 0.842. The Morgan fingerprint density at radius 2 is 0.806 bits per heavy atom. The molecular weight excluding hydrogens is 1400 g/mol. The van der Waals surface area contributed by atoms with Crippen molar-refractivity contribution in [1.29, 1.82) is 0 Å². The van der Waals surface area contributed by atoms with E-state index < -0.39 is 0 Å². The number of rotatable bonds is 16. The van der Waals surface area contributed by atoms with Crippen molar-refractivity contribution in [1.82, 2.24) is 0 Å². The van der Waals surface area contributed by atoms with Crippen LogP contribution >= 0.6 is 0 Å². The zero-order chi connectivity index (χ0) is 19.2. The van der Waals surface area contributed by atoms with E-state index in [1.54, 1.807) is 0 Å². The molecule has 0 bridgehead atoms. The third-order valence-electron chi connectivity index (χ3n) is 5.02. The minimum atomic E-state index is 0. The van der Waals surface area contributed by atoms with Gasteiger partial charge in [-0.2, -0.15) is 19.3 Å². The molecule has 0 aromatic rings. The van der Waals surface area contributed by atoms with Gasteiger partial charge in [0.05, 0.1) is 0 Å². The van der Waals surface area contributed by atoms with Crippen molar-refractivity contribution in [3.63, 3.8) is 0 Å². The molecule has 0 saturated heterocycles. The summed E-state index contributed by atoms with van der Waals surface area (Å²) in [5, 5.41) is 0. The normalized spacial score (nSPS) is 9.84. The Bertz CT molecular complexity index is 369. The first kappa shape index (κ1) is 50.9. The molecule has 0 fully saturated rings. The fraction of sp³-hybridized carbons (Fsp3) is 0.560. The maximum Gasteiger partial charge on any atom is 0.0000584 e. The van der Waals surface area contributed by atoms with Crippen LogP contribution in [0.15, 0.2) is 48.6 Å². The van der Waals surface area contributed by atoms with Crippen LogP contribution in [-0.2, 0) is 126 Å². The average Bonchev–Trinajstić information content (AvgIpc) is 2.55. The van der Waals surface area contributed by atoms with E-state index in [-0.39, 0.29) is 126 Å². The third kappa shape index (κ3) is 23.2. The van der Waals surface area contributed by atoms with Crippen LogP contribution in [0.2, 0.25) is 0 Å². The Hall–Kier alpha value is 3.09. The van der Waals surface area contributed by atoms with E-state index in [4.69, 9.17) is 0 Å². The van der Waals surface area contributed by atoms with Crippen LogP contribution in [-0.4, -0.2) is 0 Å². The summed E-state index contributed by atoms with van der Waals surface area (Å²) in [7, 11) is 0. The quantitative estimate of drug-likeness (QED) is 0.108. The molecule has 180 valence electrons. The van der Waals surface area contributed by atoms with E-state index in [1.165, 1.54) is 22.3 Å². The number of hydrogen-bond donors (Lipinski definition) is 0. The van der Waals surface area contributed by atoms with Crippen LogP contribution in [0.5, 0.6) is 0 Å². The monoisotopic (exact) mass is 1450 g/mol. The summed E-state index contributed by atoms with van der Waals surface area (Å²) < 4.78 is 0. The van der Waals surface area contributed by atoms with Crippen molar-refractivity contribution in [3.05, 3.63) is 69.4 Å². The van der Waals surface area contributed by atoms with Crippen molar-refractivity contribution < 1.29 is 126 Å². The van der Waals surface area contributed by atoms with Gasteiger partial charge in [0.15, 0.2) is 0 Å². The minimum absolute atomic E-state index is 0. The standard InChI is InChI=1S/C25H41.6W/c1-9-14-20(5)24(21(6)15-10-2)18-13-19-25(22(7)16-11-3)23(8)17-12-4;;;;;;/h24-25H,1-3,5-19H2,4H3;;;;;;/q-3;;;;;;. The maximum atomic E-state index is 4.34. The largest absolute Gasteiger partial charge is 0.343 e. The predicted molar refractivity (Wildman–Crippen MR) is 116 cm³/mol. The van der Waals surface area contributed by atoms with Crippen LogP contribution in [0.4, 0.5) is 0 Å². The number of allylic oxidation sites excluding steroid dienone is 4. The fourth-order valence-corrected chi connectivity index (χ4v) is 3.62. The van der Waals surface area contributed by atoms with Crippen LogP contribution in [0.1, 0.15) is 77.6 Å². The van der Waals surface area contributed by atoms with Gasteiger partial charge >= 0.3 is 0 Å². The van der Waals surface area contributed by atoms with Gasteiger partial charge in [-0.3, -0.25) is 0 Å². The molecule has 0 nitrogen and oxygen atoms in total. The Morgan fingerprint density at radius 1 is 0.548 bits per heavy atom. The van der Waals surface area contributed by atoms with Crippen LogP contribution in [0, 0.1) is 32.6 Å². The Kier molecular flexibility index (Phi) is 54.3. The van der Waals surface area contributed by atoms with Crippen LogP contribution in [0.25, 0.3) is 0 Å². The Morgan fingerprint density at radius 3 is 1.03 bits per heavy atom. The maximum absolute atomic E-state index is 4.34. The average molecular weight is 1440 g/mol. The summed E-state index contributed by atoms with van der Waals surface area (Å²) in [6.07, 6.45) is 11.3. The molecule has 0 aliphatic carbocycles. The Labute approximate surface area is 281 Å². The van der Waals surface area contributed by atoms with Crippen molar-refractivity contribution >= 4 is 0 Å². The summed E-state index contributed by atoms with van der Waals surface area (Å²) in [6, 6.07) is 0. The van der Waals surface area contributed by atoms with Crippen LogP contribution in [0.3, 0.4) is 0 Å².